The molecule has 1 aromatic heterocycles. The van der Waals surface area contributed by atoms with Crippen molar-refractivity contribution in [1.82, 2.24) is 10.1 Å². The van der Waals surface area contributed by atoms with Crippen LogP contribution in [0, 0.1) is 5.82 Å². The molecule has 0 N–H and O–H groups in total. The van der Waals surface area contributed by atoms with Crippen LogP contribution >= 0.6 is 11.6 Å². The molecule has 0 unspecified atom stereocenters. The third kappa shape index (κ3) is 4.17. The van der Waals surface area contributed by atoms with Crippen molar-refractivity contribution >= 4 is 17.6 Å². The Bertz CT molecular complexity index is 976. The standard InChI is InChI=1S/C18H14ClFN2O5/c1-24-14-6-3-10(7-15(14)25-2)17-21-16(27-22-17)9-26-18(23)12-8-11(19)4-5-13(12)20/h3-8H,9H2,1-2H3. The lowest BCUT2D eigenvalue weighted by Gasteiger charge is -2.07. The maximum absolute atomic E-state index is 13.7. The van der Waals surface area contributed by atoms with Crippen molar-refractivity contribution in [2.45, 2.75) is 6.61 Å². The van der Waals surface area contributed by atoms with E-state index in [2.05, 4.69) is 10.1 Å². The van der Waals surface area contributed by atoms with E-state index >= 15 is 0 Å². The molecule has 7 nitrogen and oxygen atoms in total. The van der Waals surface area contributed by atoms with Gasteiger partial charge in [0.15, 0.2) is 18.1 Å². The minimum absolute atomic E-state index is 0.0515. The van der Waals surface area contributed by atoms with E-state index in [0.29, 0.717) is 17.1 Å². The monoisotopic (exact) mass is 392 g/mol. The average molecular weight is 393 g/mol. The first-order chi connectivity index (χ1) is 13.0. The third-order valence-electron chi connectivity index (χ3n) is 3.58. The molecule has 0 atom stereocenters. The van der Waals surface area contributed by atoms with Gasteiger partial charge in [-0.3, -0.25) is 0 Å². The maximum Gasteiger partial charge on any atom is 0.341 e. The van der Waals surface area contributed by atoms with Crippen LogP contribution in [0.15, 0.2) is 40.9 Å². The van der Waals surface area contributed by atoms with E-state index in [1.54, 1.807) is 18.2 Å². The smallest absolute Gasteiger partial charge is 0.341 e. The quantitative estimate of drug-likeness (QED) is 0.588. The third-order valence-corrected chi connectivity index (χ3v) is 3.82. The molecule has 27 heavy (non-hydrogen) atoms. The van der Waals surface area contributed by atoms with E-state index in [1.165, 1.54) is 26.4 Å². The average Bonchev–Trinajstić information content (AvgIpc) is 3.16. The fourth-order valence-corrected chi connectivity index (χ4v) is 2.44. The Morgan fingerprint density at radius 1 is 1.15 bits per heavy atom. The summed E-state index contributed by atoms with van der Waals surface area (Å²) in [7, 11) is 3.04. The second kappa shape index (κ2) is 8.05. The van der Waals surface area contributed by atoms with Crippen LogP contribution in [0.2, 0.25) is 5.02 Å². The largest absolute Gasteiger partial charge is 0.493 e. The zero-order chi connectivity index (χ0) is 19.4. The van der Waals surface area contributed by atoms with Crippen molar-refractivity contribution in [2.24, 2.45) is 0 Å². The molecule has 1 heterocycles. The number of carbonyl (C=O) groups is 1. The maximum atomic E-state index is 13.7. The summed E-state index contributed by atoms with van der Waals surface area (Å²) >= 11 is 5.76. The van der Waals surface area contributed by atoms with Crippen LogP contribution in [-0.4, -0.2) is 30.3 Å². The van der Waals surface area contributed by atoms with Gasteiger partial charge < -0.3 is 18.7 Å². The van der Waals surface area contributed by atoms with Crippen LogP contribution in [0.4, 0.5) is 4.39 Å². The Balaban J connectivity index is 1.71. The highest BCUT2D eigenvalue weighted by Gasteiger charge is 2.17. The van der Waals surface area contributed by atoms with Gasteiger partial charge in [0.25, 0.3) is 5.89 Å². The number of carbonyl (C=O) groups excluding carboxylic acids is 1. The number of aromatic nitrogens is 2. The topological polar surface area (TPSA) is 83.7 Å². The lowest BCUT2D eigenvalue weighted by atomic mass is 10.2. The molecule has 0 saturated carbocycles. The SMILES string of the molecule is COc1ccc(-c2noc(COC(=O)c3cc(Cl)ccc3F)n2)cc1OC. The Labute approximate surface area is 158 Å². The molecule has 140 valence electrons. The van der Waals surface area contributed by atoms with Gasteiger partial charge in [-0.1, -0.05) is 16.8 Å². The molecule has 0 aliphatic carbocycles. The number of benzene rings is 2. The molecule has 0 amide bonds. The summed E-state index contributed by atoms with van der Waals surface area (Å²) < 4.78 is 34.1. The second-order valence-electron chi connectivity index (χ2n) is 5.28. The van der Waals surface area contributed by atoms with E-state index in [1.807, 2.05) is 0 Å². The van der Waals surface area contributed by atoms with Crippen LogP contribution in [0.1, 0.15) is 16.2 Å². The Kier molecular flexibility index (Phi) is 5.56. The van der Waals surface area contributed by atoms with Gasteiger partial charge in [0, 0.05) is 10.6 Å². The van der Waals surface area contributed by atoms with Crippen molar-refractivity contribution in [2.75, 3.05) is 14.2 Å². The number of ether oxygens (including phenoxy) is 3. The fraction of sp³-hybridized carbons (Fsp3) is 0.167. The highest BCUT2D eigenvalue weighted by atomic mass is 35.5. The van der Waals surface area contributed by atoms with Crippen LogP contribution < -0.4 is 9.47 Å². The van der Waals surface area contributed by atoms with Crippen molar-refractivity contribution in [3.05, 3.63) is 58.7 Å². The van der Waals surface area contributed by atoms with Gasteiger partial charge in [0.1, 0.15) is 5.82 Å². The molecule has 0 aliphatic heterocycles. The normalized spacial score (nSPS) is 10.5. The Morgan fingerprint density at radius 2 is 1.93 bits per heavy atom. The predicted octanol–water partition coefficient (Wildman–Crippen LogP) is 3.90. The summed E-state index contributed by atoms with van der Waals surface area (Å²) in [6.45, 7) is -0.314. The highest BCUT2D eigenvalue weighted by Crippen LogP contribution is 2.31. The number of hydrogen-bond donors (Lipinski definition) is 0. The van der Waals surface area contributed by atoms with Crippen molar-refractivity contribution in [1.29, 1.82) is 0 Å². The molecule has 0 radical (unpaired) electrons. The number of halogens is 2. The van der Waals surface area contributed by atoms with Gasteiger partial charge in [-0.2, -0.15) is 4.98 Å². The zero-order valence-corrected chi connectivity index (χ0v) is 15.1. The lowest BCUT2D eigenvalue weighted by molar-refractivity contribution is 0.0424. The minimum Gasteiger partial charge on any atom is -0.493 e. The van der Waals surface area contributed by atoms with Crippen LogP contribution in [-0.2, 0) is 11.3 Å². The zero-order valence-electron chi connectivity index (χ0n) is 14.4. The van der Waals surface area contributed by atoms with Gasteiger partial charge in [0.2, 0.25) is 5.82 Å². The summed E-state index contributed by atoms with van der Waals surface area (Å²) in [6, 6.07) is 8.71. The van der Waals surface area contributed by atoms with E-state index in [9.17, 15) is 9.18 Å². The second-order valence-corrected chi connectivity index (χ2v) is 5.72. The Morgan fingerprint density at radius 3 is 2.67 bits per heavy atom. The molecular weight excluding hydrogens is 379 g/mol. The molecule has 3 rings (SSSR count). The van der Waals surface area contributed by atoms with Gasteiger partial charge >= 0.3 is 5.97 Å². The summed E-state index contributed by atoms with van der Waals surface area (Å²) in [5.41, 5.74) is 0.344. The number of esters is 1. The van der Waals surface area contributed by atoms with Crippen LogP contribution in [0.3, 0.4) is 0 Å². The molecule has 0 fully saturated rings. The molecule has 0 bridgehead atoms. The predicted molar refractivity (Wildman–Crippen MR) is 93.4 cm³/mol. The first kappa shape index (κ1) is 18.7. The van der Waals surface area contributed by atoms with E-state index < -0.39 is 11.8 Å². The number of hydrogen-bond acceptors (Lipinski definition) is 7. The summed E-state index contributed by atoms with van der Waals surface area (Å²) in [5, 5.41) is 4.05. The number of nitrogens with zero attached hydrogens (tertiary/aromatic N) is 2. The van der Waals surface area contributed by atoms with Gasteiger partial charge in [-0.25, -0.2) is 9.18 Å². The van der Waals surface area contributed by atoms with Gasteiger partial charge in [0.05, 0.1) is 19.8 Å². The molecule has 2 aromatic carbocycles. The van der Waals surface area contributed by atoms with Crippen LogP contribution in [0.5, 0.6) is 11.5 Å². The molecule has 9 heteroatoms. The molecular formula is C18H14ClFN2O5. The Hall–Kier alpha value is -3.13. The first-order valence-corrected chi connectivity index (χ1v) is 8.06. The van der Waals surface area contributed by atoms with E-state index in [-0.39, 0.29) is 28.9 Å². The van der Waals surface area contributed by atoms with E-state index in [4.69, 9.17) is 30.3 Å². The summed E-state index contributed by atoms with van der Waals surface area (Å²) in [5.74, 6) is -0.236. The number of methoxy groups -OCH3 is 2. The van der Waals surface area contributed by atoms with Crippen molar-refractivity contribution < 1.29 is 27.9 Å². The summed E-state index contributed by atoms with van der Waals surface area (Å²) in [4.78, 5) is 16.1. The molecule has 0 saturated heterocycles. The van der Waals surface area contributed by atoms with Gasteiger partial charge in [-0.05, 0) is 36.4 Å². The number of rotatable bonds is 6. The highest BCUT2D eigenvalue weighted by molar-refractivity contribution is 6.30. The first-order valence-electron chi connectivity index (χ1n) is 7.69. The van der Waals surface area contributed by atoms with Crippen molar-refractivity contribution in [3.8, 4) is 22.9 Å². The van der Waals surface area contributed by atoms with Crippen molar-refractivity contribution in [3.63, 3.8) is 0 Å². The minimum atomic E-state index is -0.888. The van der Waals surface area contributed by atoms with Crippen LogP contribution in [0.25, 0.3) is 11.4 Å². The molecule has 0 spiro atoms. The molecule has 3 aromatic rings. The lowest BCUT2D eigenvalue weighted by Crippen LogP contribution is -2.07. The van der Waals surface area contributed by atoms with Gasteiger partial charge in [-0.15, -0.1) is 0 Å². The van der Waals surface area contributed by atoms with E-state index in [0.717, 1.165) is 6.07 Å². The molecule has 0 aliphatic rings. The summed E-state index contributed by atoms with van der Waals surface area (Å²) in [6.07, 6.45) is 0. The fourth-order valence-electron chi connectivity index (χ4n) is 2.27.